The van der Waals surface area contributed by atoms with Crippen LogP contribution in [0.4, 0.5) is 17.3 Å². The van der Waals surface area contributed by atoms with Crippen LogP contribution in [0.3, 0.4) is 0 Å². The molecule has 4 heterocycles. The minimum Gasteiger partial charge on any atom is -0.492 e. The van der Waals surface area contributed by atoms with Crippen LogP contribution in [0.5, 0.6) is 5.75 Å². The molecule has 1 saturated heterocycles. The molecule has 42 heavy (non-hydrogen) atoms. The van der Waals surface area contributed by atoms with Gasteiger partial charge >= 0.3 is 0 Å². The summed E-state index contributed by atoms with van der Waals surface area (Å²) in [5, 5.41) is 5.94. The number of guanidine groups is 1. The number of carbonyl (C=O) groups is 2. The summed E-state index contributed by atoms with van der Waals surface area (Å²) < 4.78 is 5.89. The number of ether oxygens (including phenoxy) is 1. The molecule has 1 fully saturated rings. The van der Waals surface area contributed by atoms with Gasteiger partial charge in [0.1, 0.15) is 12.4 Å². The second kappa shape index (κ2) is 11.4. The van der Waals surface area contributed by atoms with Crippen LogP contribution in [0.25, 0.3) is 0 Å². The van der Waals surface area contributed by atoms with Gasteiger partial charge in [0.15, 0.2) is 28.4 Å². The number of nitrogens with one attached hydrogen (secondary N) is 2. The van der Waals surface area contributed by atoms with Crippen LogP contribution in [-0.2, 0) is 6.42 Å². The summed E-state index contributed by atoms with van der Waals surface area (Å²) >= 11 is 5.91. The number of para-hydroxylation sites is 1. The SMILES string of the molecule is Nc1nc(N)c(C(=O)NC2=NCC3(CCN(C(=O)c4cccc5c4CCN5CCOc4ccccc4)CC3)N2)nc1Cl. The van der Waals surface area contributed by atoms with Gasteiger partial charge in [0.05, 0.1) is 18.6 Å². The number of anilines is 3. The quantitative estimate of drug-likeness (QED) is 0.337. The molecular formula is C29H32ClN9O3. The molecule has 2 amide bonds. The van der Waals surface area contributed by atoms with Crippen LogP contribution in [-0.4, -0.2) is 77.5 Å². The third kappa shape index (κ3) is 5.49. The molecule has 0 radical (unpaired) electrons. The normalized spacial score (nSPS) is 17.0. The van der Waals surface area contributed by atoms with Crippen molar-refractivity contribution in [3.05, 3.63) is 70.5 Å². The van der Waals surface area contributed by atoms with E-state index in [2.05, 4.69) is 36.6 Å². The minimum atomic E-state index is -0.587. The Morgan fingerprint density at radius 3 is 2.60 bits per heavy atom. The van der Waals surface area contributed by atoms with Gasteiger partial charge in [-0.25, -0.2) is 9.97 Å². The molecule has 0 atom stereocenters. The Kier molecular flexibility index (Phi) is 7.46. The molecule has 0 saturated carbocycles. The molecule has 6 N–H and O–H groups in total. The lowest BCUT2D eigenvalue weighted by molar-refractivity contribution is 0.0667. The Labute approximate surface area is 248 Å². The smallest absolute Gasteiger partial charge is 0.280 e. The first-order valence-corrected chi connectivity index (χ1v) is 14.3. The fourth-order valence-corrected chi connectivity index (χ4v) is 5.85. The molecule has 0 unspecified atom stereocenters. The maximum Gasteiger partial charge on any atom is 0.280 e. The molecule has 0 aliphatic carbocycles. The van der Waals surface area contributed by atoms with Gasteiger partial charge in [0, 0.05) is 30.9 Å². The standard InChI is InChI=1S/C29H32ClN9O3/c30-23-25(32)35-24(31)22(34-23)26(40)36-28-33-17-29(37-28)10-13-39(14-11-29)27(41)20-7-4-8-21-19(20)9-12-38(21)15-16-42-18-5-2-1-3-6-18/h1-8H,9-17H2,(H4,31,32,35)(H2,33,36,37,40). The maximum atomic E-state index is 13.7. The zero-order valence-corrected chi connectivity index (χ0v) is 23.7. The number of aromatic nitrogens is 2. The Morgan fingerprint density at radius 2 is 1.81 bits per heavy atom. The Morgan fingerprint density at radius 1 is 1.02 bits per heavy atom. The number of hydrogen-bond donors (Lipinski definition) is 4. The summed E-state index contributed by atoms with van der Waals surface area (Å²) in [6.45, 7) is 3.81. The highest BCUT2D eigenvalue weighted by Crippen LogP contribution is 2.33. The number of amides is 2. The third-order valence-electron chi connectivity index (χ3n) is 8.01. The number of nitrogens with two attached hydrogens (primary N) is 2. The molecule has 0 bridgehead atoms. The Bertz CT molecular complexity index is 1540. The van der Waals surface area contributed by atoms with Crippen LogP contribution in [0.2, 0.25) is 5.15 Å². The number of nitrogen functional groups attached to an aromatic ring is 2. The molecule has 6 rings (SSSR count). The fraction of sp³-hybridized carbons (Fsp3) is 0.345. The van der Waals surface area contributed by atoms with Crippen molar-refractivity contribution >= 4 is 46.7 Å². The highest BCUT2D eigenvalue weighted by Gasteiger charge is 2.41. The van der Waals surface area contributed by atoms with Gasteiger partial charge in [-0.3, -0.25) is 19.9 Å². The van der Waals surface area contributed by atoms with Crippen molar-refractivity contribution in [2.24, 2.45) is 4.99 Å². The topological polar surface area (TPSA) is 164 Å². The fourth-order valence-electron chi connectivity index (χ4n) is 5.72. The monoisotopic (exact) mass is 589 g/mol. The first-order valence-electron chi connectivity index (χ1n) is 13.9. The van der Waals surface area contributed by atoms with E-state index in [0.29, 0.717) is 45.0 Å². The first kappa shape index (κ1) is 27.6. The molecule has 2 aromatic carbocycles. The summed E-state index contributed by atoms with van der Waals surface area (Å²) in [5.74, 6) is 0.471. The highest BCUT2D eigenvalue weighted by atomic mass is 35.5. The van der Waals surface area contributed by atoms with Crippen molar-refractivity contribution in [1.29, 1.82) is 0 Å². The number of likely N-dealkylation sites (tertiary alicyclic amines) is 1. The van der Waals surface area contributed by atoms with Gasteiger partial charge in [-0.05, 0) is 49.1 Å². The maximum absolute atomic E-state index is 13.7. The van der Waals surface area contributed by atoms with Crippen molar-refractivity contribution in [3.8, 4) is 5.75 Å². The van der Waals surface area contributed by atoms with E-state index in [1.54, 1.807) is 0 Å². The van der Waals surface area contributed by atoms with E-state index in [9.17, 15) is 9.59 Å². The Balaban J connectivity index is 1.03. The first-order chi connectivity index (χ1) is 20.3. The summed E-state index contributed by atoms with van der Waals surface area (Å²) in [6.07, 6.45) is 2.21. The number of carbonyl (C=O) groups excluding carboxylic acids is 2. The molecule has 1 spiro atoms. The van der Waals surface area contributed by atoms with Gasteiger partial charge < -0.3 is 31.3 Å². The lowest BCUT2D eigenvalue weighted by Gasteiger charge is -2.39. The number of halogens is 1. The van der Waals surface area contributed by atoms with Gasteiger partial charge in [-0.2, -0.15) is 0 Å². The second-order valence-corrected chi connectivity index (χ2v) is 11.0. The number of fused-ring (bicyclic) bond motifs is 1. The van der Waals surface area contributed by atoms with Crippen molar-refractivity contribution in [3.63, 3.8) is 0 Å². The van der Waals surface area contributed by atoms with Crippen molar-refractivity contribution in [1.82, 2.24) is 25.5 Å². The van der Waals surface area contributed by atoms with Crippen LogP contribution in [0.15, 0.2) is 53.5 Å². The Hall–Kier alpha value is -4.58. The zero-order valence-electron chi connectivity index (χ0n) is 23.0. The average Bonchev–Trinajstić information content (AvgIpc) is 3.59. The van der Waals surface area contributed by atoms with E-state index in [0.717, 1.165) is 42.1 Å². The van der Waals surface area contributed by atoms with Crippen molar-refractivity contribution < 1.29 is 14.3 Å². The molecule has 13 heteroatoms. The summed E-state index contributed by atoms with van der Waals surface area (Å²) in [6, 6.07) is 15.8. The number of hydrogen-bond acceptors (Lipinski definition) is 10. The minimum absolute atomic E-state index is 0.0470. The molecular weight excluding hydrogens is 558 g/mol. The van der Waals surface area contributed by atoms with Crippen LogP contribution in [0, 0.1) is 0 Å². The van der Waals surface area contributed by atoms with Gasteiger partial charge in [-0.15, -0.1) is 0 Å². The summed E-state index contributed by atoms with van der Waals surface area (Å²) in [7, 11) is 0. The van der Waals surface area contributed by atoms with E-state index in [4.69, 9.17) is 27.8 Å². The number of aliphatic imine (C=N–C) groups is 1. The zero-order chi connectivity index (χ0) is 29.3. The average molecular weight is 590 g/mol. The lowest BCUT2D eigenvalue weighted by atomic mass is 9.88. The lowest BCUT2D eigenvalue weighted by Crippen LogP contribution is -2.57. The van der Waals surface area contributed by atoms with Crippen LogP contribution < -0.4 is 31.7 Å². The van der Waals surface area contributed by atoms with Gasteiger partial charge in [0.25, 0.3) is 11.8 Å². The number of nitrogens with zero attached hydrogens (tertiary/aromatic N) is 5. The molecule has 1 aromatic heterocycles. The van der Waals surface area contributed by atoms with Crippen LogP contribution >= 0.6 is 11.6 Å². The van der Waals surface area contributed by atoms with E-state index < -0.39 is 5.91 Å². The largest absolute Gasteiger partial charge is 0.492 e. The predicted molar refractivity (Wildman–Crippen MR) is 161 cm³/mol. The van der Waals surface area contributed by atoms with E-state index in [-0.39, 0.29) is 33.9 Å². The number of piperidine rings is 1. The molecule has 3 aliphatic rings. The molecule has 218 valence electrons. The number of benzene rings is 2. The molecule has 12 nitrogen and oxygen atoms in total. The van der Waals surface area contributed by atoms with Gasteiger partial charge in [-0.1, -0.05) is 35.9 Å². The summed E-state index contributed by atoms with van der Waals surface area (Å²) in [5.41, 5.74) is 13.9. The van der Waals surface area contributed by atoms with Crippen LogP contribution in [0.1, 0.15) is 39.3 Å². The van der Waals surface area contributed by atoms with Crippen molar-refractivity contribution in [2.45, 2.75) is 24.8 Å². The van der Waals surface area contributed by atoms with E-state index >= 15 is 0 Å². The second-order valence-electron chi connectivity index (χ2n) is 10.7. The summed E-state index contributed by atoms with van der Waals surface area (Å²) in [4.78, 5) is 42.8. The highest BCUT2D eigenvalue weighted by molar-refractivity contribution is 6.31. The number of rotatable bonds is 6. The van der Waals surface area contributed by atoms with E-state index in [1.807, 2.05) is 47.4 Å². The predicted octanol–water partition coefficient (Wildman–Crippen LogP) is 2.10. The molecule has 3 aliphatic heterocycles. The third-order valence-corrected chi connectivity index (χ3v) is 8.29. The van der Waals surface area contributed by atoms with E-state index in [1.165, 1.54) is 0 Å². The van der Waals surface area contributed by atoms with Crippen molar-refractivity contribution in [2.75, 3.05) is 55.7 Å². The van der Waals surface area contributed by atoms with Gasteiger partial charge in [0.2, 0.25) is 0 Å². The molecule has 3 aromatic rings.